The maximum Gasteiger partial charge on any atom is 0.220 e. The summed E-state index contributed by atoms with van der Waals surface area (Å²) in [6.07, 6.45) is 13.4. The van der Waals surface area contributed by atoms with Crippen LogP contribution in [0.4, 0.5) is 0 Å². The molecule has 0 heterocycles. The van der Waals surface area contributed by atoms with Crippen LogP contribution >= 0.6 is 0 Å². The first-order valence-corrected chi connectivity index (χ1v) is 11.6. The molecule has 0 aromatic heterocycles. The molecule has 5 heteroatoms. The molecule has 2 N–H and O–H groups in total. The van der Waals surface area contributed by atoms with E-state index in [1.165, 1.54) is 0 Å². The molecule has 0 radical (unpaired) electrons. The molecule has 0 aromatic rings. The molecule has 0 unspecified atom stereocenters. The molecule has 0 saturated heterocycles. The van der Waals surface area contributed by atoms with Gasteiger partial charge in [-0.2, -0.15) is 0 Å². The van der Waals surface area contributed by atoms with Gasteiger partial charge in [0.1, 0.15) is 0 Å². The Balaban J connectivity index is 4.04. The first-order chi connectivity index (χ1) is 14.0. The molecule has 0 atom stereocenters. The molecule has 29 heavy (non-hydrogen) atoms. The predicted molar refractivity (Wildman–Crippen MR) is 124 cm³/mol. The predicted octanol–water partition coefficient (Wildman–Crippen LogP) is 4.35. The Kier molecular flexibility index (Phi) is 17.4. The molecule has 168 valence electrons. The van der Waals surface area contributed by atoms with Crippen molar-refractivity contribution in [1.29, 1.82) is 0 Å². The fourth-order valence-corrected chi connectivity index (χ4v) is 3.51. The van der Waals surface area contributed by atoms with Crippen molar-refractivity contribution < 1.29 is 14.1 Å². The fourth-order valence-electron chi connectivity index (χ4n) is 3.51. The topological polar surface area (TPSA) is 58.2 Å². The minimum absolute atomic E-state index is 0.152. The third-order valence-electron chi connectivity index (χ3n) is 5.78. The molecule has 0 aliphatic carbocycles. The lowest BCUT2D eigenvalue weighted by atomic mass is 10.1. The Morgan fingerprint density at radius 1 is 0.724 bits per heavy atom. The van der Waals surface area contributed by atoms with E-state index in [1.807, 2.05) is 12.2 Å². The summed E-state index contributed by atoms with van der Waals surface area (Å²) in [6.45, 7) is 17.0. The second-order valence-electron chi connectivity index (χ2n) is 7.90. The number of nitrogens with zero attached hydrogens (tertiary/aromatic N) is 1. The lowest BCUT2D eigenvalue weighted by Gasteiger charge is -2.37. The Bertz CT molecular complexity index is 421. The zero-order chi connectivity index (χ0) is 21.8. The number of hydrogen-bond donors (Lipinski definition) is 2. The van der Waals surface area contributed by atoms with E-state index < -0.39 is 0 Å². The number of unbranched alkanes of at least 4 members (excludes halogenated alkanes) is 6. The lowest BCUT2D eigenvalue weighted by molar-refractivity contribution is -0.922. The van der Waals surface area contributed by atoms with Crippen LogP contribution in [0.2, 0.25) is 0 Å². The largest absolute Gasteiger partial charge is 0.350 e. The van der Waals surface area contributed by atoms with E-state index in [0.29, 0.717) is 25.9 Å². The SMILES string of the molecule is C=CCCCCCC(=O)NCC[N+](CC)(CC)CCNC(=O)CCCCCC=C. The van der Waals surface area contributed by atoms with Gasteiger partial charge in [0, 0.05) is 12.8 Å². The van der Waals surface area contributed by atoms with Gasteiger partial charge in [-0.15, -0.1) is 13.2 Å². The van der Waals surface area contributed by atoms with Crippen molar-refractivity contribution in [3.8, 4) is 0 Å². The molecule has 0 aliphatic heterocycles. The molecule has 0 aromatic carbocycles. The van der Waals surface area contributed by atoms with E-state index >= 15 is 0 Å². The van der Waals surface area contributed by atoms with Crippen molar-refractivity contribution in [1.82, 2.24) is 10.6 Å². The van der Waals surface area contributed by atoms with Crippen LogP contribution in [0.5, 0.6) is 0 Å². The van der Waals surface area contributed by atoms with Crippen LogP contribution in [0.25, 0.3) is 0 Å². The minimum atomic E-state index is 0.152. The fraction of sp³-hybridized carbons (Fsp3) is 0.750. The molecule has 2 amide bonds. The Morgan fingerprint density at radius 3 is 1.48 bits per heavy atom. The lowest BCUT2D eigenvalue weighted by Crippen LogP contribution is -2.54. The number of rotatable bonds is 20. The number of carbonyl (C=O) groups is 2. The van der Waals surface area contributed by atoms with Crippen molar-refractivity contribution in [3.63, 3.8) is 0 Å². The number of hydrogen-bond acceptors (Lipinski definition) is 2. The van der Waals surface area contributed by atoms with E-state index in [4.69, 9.17) is 0 Å². The second-order valence-corrected chi connectivity index (χ2v) is 7.90. The molecular weight excluding hydrogens is 362 g/mol. The standard InChI is InChI=1S/C24H45N3O2/c1-5-9-11-13-15-17-23(28)25-19-21-27(7-3,8-4)22-20-26-24(29)18-16-14-12-10-6-2/h5-6H,1-2,7-22H2,3-4H3,(H-,25,26,28,29)/p+1. The van der Waals surface area contributed by atoms with Gasteiger partial charge in [0.25, 0.3) is 0 Å². The van der Waals surface area contributed by atoms with Gasteiger partial charge in [0.15, 0.2) is 0 Å². The van der Waals surface area contributed by atoms with Gasteiger partial charge in [-0.3, -0.25) is 9.59 Å². The molecule has 0 saturated carbocycles. The molecule has 5 nitrogen and oxygen atoms in total. The summed E-state index contributed by atoms with van der Waals surface area (Å²) in [5.74, 6) is 0.303. The van der Waals surface area contributed by atoms with Crippen molar-refractivity contribution in [2.45, 2.75) is 78.1 Å². The van der Waals surface area contributed by atoms with Gasteiger partial charge in [-0.25, -0.2) is 0 Å². The summed E-state index contributed by atoms with van der Waals surface area (Å²) in [5.41, 5.74) is 0. The van der Waals surface area contributed by atoms with Crippen LogP contribution in [0, 0.1) is 0 Å². The van der Waals surface area contributed by atoms with Crippen LogP contribution in [0.1, 0.15) is 78.1 Å². The highest BCUT2D eigenvalue weighted by Gasteiger charge is 2.22. The number of likely N-dealkylation sites (N-methyl/N-ethyl adjacent to an activating group) is 1. The Labute approximate surface area is 179 Å². The Morgan fingerprint density at radius 2 is 1.14 bits per heavy atom. The highest BCUT2D eigenvalue weighted by molar-refractivity contribution is 5.76. The summed E-state index contributed by atoms with van der Waals surface area (Å²) < 4.78 is 0.916. The third-order valence-corrected chi connectivity index (χ3v) is 5.78. The van der Waals surface area contributed by atoms with Crippen LogP contribution in [0.3, 0.4) is 0 Å². The number of carbonyl (C=O) groups excluding carboxylic acids is 2. The summed E-state index contributed by atoms with van der Waals surface area (Å²) in [6, 6.07) is 0. The second kappa shape index (κ2) is 18.4. The number of quaternary nitrogens is 1. The summed E-state index contributed by atoms with van der Waals surface area (Å²) >= 11 is 0. The molecule has 0 bridgehead atoms. The van der Waals surface area contributed by atoms with Crippen LogP contribution in [-0.2, 0) is 9.59 Å². The first kappa shape index (κ1) is 27.4. The van der Waals surface area contributed by atoms with Gasteiger partial charge in [-0.05, 0) is 52.4 Å². The van der Waals surface area contributed by atoms with E-state index in [9.17, 15) is 9.59 Å². The van der Waals surface area contributed by atoms with Crippen LogP contribution in [-0.4, -0.2) is 55.6 Å². The van der Waals surface area contributed by atoms with E-state index in [1.54, 1.807) is 0 Å². The average molecular weight is 409 g/mol. The van der Waals surface area contributed by atoms with E-state index in [0.717, 1.165) is 82.0 Å². The molecule has 0 fully saturated rings. The van der Waals surface area contributed by atoms with E-state index in [2.05, 4.69) is 37.6 Å². The quantitative estimate of drug-likeness (QED) is 0.179. The van der Waals surface area contributed by atoms with Crippen LogP contribution in [0.15, 0.2) is 25.3 Å². The number of amides is 2. The highest BCUT2D eigenvalue weighted by atomic mass is 16.2. The Hall–Kier alpha value is -1.62. The molecule has 0 spiro atoms. The van der Waals surface area contributed by atoms with Gasteiger partial charge < -0.3 is 15.1 Å². The highest BCUT2D eigenvalue weighted by Crippen LogP contribution is 2.07. The minimum Gasteiger partial charge on any atom is -0.350 e. The molecular formula is C24H46N3O2+. The van der Waals surface area contributed by atoms with Crippen molar-refractivity contribution in [3.05, 3.63) is 25.3 Å². The van der Waals surface area contributed by atoms with Gasteiger partial charge in [0.05, 0.1) is 39.3 Å². The van der Waals surface area contributed by atoms with Crippen molar-refractivity contribution >= 4 is 11.8 Å². The summed E-state index contributed by atoms with van der Waals surface area (Å²) in [7, 11) is 0. The monoisotopic (exact) mass is 408 g/mol. The van der Waals surface area contributed by atoms with Crippen molar-refractivity contribution in [2.75, 3.05) is 39.3 Å². The van der Waals surface area contributed by atoms with Gasteiger partial charge in [0.2, 0.25) is 11.8 Å². The number of allylic oxidation sites excluding steroid dienone is 2. The van der Waals surface area contributed by atoms with Crippen LogP contribution < -0.4 is 10.6 Å². The summed E-state index contributed by atoms with van der Waals surface area (Å²) in [5, 5.41) is 6.14. The summed E-state index contributed by atoms with van der Waals surface area (Å²) in [4.78, 5) is 24.0. The van der Waals surface area contributed by atoms with E-state index in [-0.39, 0.29) is 11.8 Å². The number of nitrogens with one attached hydrogen (secondary N) is 2. The molecule has 0 aliphatic rings. The maximum atomic E-state index is 12.0. The molecule has 0 rings (SSSR count). The zero-order valence-electron chi connectivity index (χ0n) is 19.1. The van der Waals surface area contributed by atoms with Crippen molar-refractivity contribution in [2.24, 2.45) is 0 Å². The first-order valence-electron chi connectivity index (χ1n) is 11.6. The average Bonchev–Trinajstić information content (AvgIpc) is 2.72. The smallest absolute Gasteiger partial charge is 0.220 e. The normalized spacial score (nSPS) is 11.1. The van der Waals surface area contributed by atoms with Gasteiger partial charge in [-0.1, -0.05) is 25.0 Å². The third kappa shape index (κ3) is 15.0. The zero-order valence-corrected chi connectivity index (χ0v) is 19.1. The maximum absolute atomic E-state index is 12.0. The van der Waals surface area contributed by atoms with Gasteiger partial charge >= 0.3 is 0 Å².